The summed E-state index contributed by atoms with van der Waals surface area (Å²) < 4.78 is 0. The number of aromatic carboxylic acids is 1. The third-order valence-corrected chi connectivity index (χ3v) is 2.45. The molecule has 0 aliphatic carbocycles. The molecule has 0 aliphatic rings. The van der Waals surface area contributed by atoms with E-state index in [1.807, 2.05) is 0 Å². The first-order valence-corrected chi connectivity index (χ1v) is 5.59. The van der Waals surface area contributed by atoms with Crippen molar-refractivity contribution < 1.29 is 14.8 Å². The number of nitrogens with zero attached hydrogens (tertiary/aromatic N) is 3. The zero-order chi connectivity index (χ0) is 14.5. The van der Waals surface area contributed by atoms with Crippen LogP contribution >= 0.6 is 0 Å². The minimum absolute atomic E-state index is 0.00493. The van der Waals surface area contributed by atoms with Gasteiger partial charge in [0, 0.05) is 18.7 Å². The minimum Gasteiger partial charge on any atom is -0.476 e. The number of anilines is 1. The van der Waals surface area contributed by atoms with Crippen molar-refractivity contribution in [2.45, 2.75) is 6.54 Å². The lowest BCUT2D eigenvalue weighted by Gasteiger charge is -2.05. The molecule has 2 rings (SSSR count). The first-order valence-electron chi connectivity index (χ1n) is 5.59. The van der Waals surface area contributed by atoms with Gasteiger partial charge in [-0.3, -0.25) is 15.1 Å². The molecule has 1 heterocycles. The van der Waals surface area contributed by atoms with Crippen LogP contribution in [-0.4, -0.2) is 26.0 Å². The van der Waals surface area contributed by atoms with E-state index in [4.69, 9.17) is 5.11 Å². The molecule has 2 N–H and O–H groups in total. The highest BCUT2D eigenvalue weighted by atomic mass is 16.6. The van der Waals surface area contributed by atoms with Gasteiger partial charge in [0.15, 0.2) is 5.69 Å². The summed E-state index contributed by atoms with van der Waals surface area (Å²) in [6.45, 7) is 0.277. The van der Waals surface area contributed by atoms with Gasteiger partial charge in [0.25, 0.3) is 5.69 Å². The third kappa shape index (κ3) is 3.25. The lowest BCUT2D eigenvalue weighted by molar-refractivity contribution is -0.384. The molecule has 0 saturated carbocycles. The van der Waals surface area contributed by atoms with E-state index in [2.05, 4.69) is 15.3 Å². The molecule has 2 aromatic rings. The summed E-state index contributed by atoms with van der Waals surface area (Å²) in [5.74, 6) is -0.882. The molecule has 1 aromatic heterocycles. The Kier molecular flexibility index (Phi) is 3.85. The Morgan fingerprint density at radius 1 is 1.40 bits per heavy atom. The maximum atomic E-state index is 10.7. The van der Waals surface area contributed by atoms with Gasteiger partial charge >= 0.3 is 5.97 Å². The molecule has 0 fully saturated rings. The fourth-order valence-corrected chi connectivity index (χ4v) is 1.53. The molecule has 0 bridgehead atoms. The average molecular weight is 274 g/mol. The Balaban J connectivity index is 2.08. The molecule has 102 valence electrons. The average Bonchev–Trinajstić information content (AvgIpc) is 2.45. The van der Waals surface area contributed by atoms with Gasteiger partial charge in [-0.05, 0) is 5.56 Å². The molecule has 0 saturated heterocycles. The van der Waals surface area contributed by atoms with Crippen molar-refractivity contribution in [3.8, 4) is 0 Å². The molecular formula is C12H10N4O4. The van der Waals surface area contributed by atoms with Crippen LogP contribution in [0.3, 0.4) is 0 Å². The van der Waals surface area contributed by atoms with Gasteiger partial charge in [0.05, 0.1) is 17.3 Å². The number of carbonyl (C=O) groups is 1. The predicted molar refractivity (Wildman–Crippen MR) is 69.4 cm³/mol. The third-order valence-electron chi connectivity index (χ3n) is 2.45. The van der Waals surface area contributed by atoms with Crippen molar-refractivity contribution in [2.24, 2.45) is 0 Å². The Bertz CT molecular complexity index is 602. The maximum absolute atomic E-state index is 10.7. The summed E-state index contributed by atoms with van der Waals surface area (Å²) >= 11 is 0. The van der Waals surface area contributed by atoms with E-state index in [1.165, 1.54) is 18.3 Å². The number of hydrogen-bond acceptors (Lipinski definition) is 6. The molecule has 0 aliphatic heterocycles. The van der Waals surface area contributed by atoms with E-state index in [0.717, 1.165) is 6.20 Å². The van der Waals surface area contributed by atoms with Crippen LogP contribution in [-0.2, 0) is 6.54 Å². The zero-order valence-corrected chi connectivity index (χ0v) is 10.2. The van der Waals surface area contributed by atoms with Crippen molar-refractivity contribution in [2.75, 3.05) is 5.32 Å². The summed E-state index contributed by atoms with van der Waals surface area (Å²) in [7, 11) is 0. The van der Waals surface area contributed by atoms with Gasteiger partial charge < -0.3 is 10.4 Å². The van der Waals surface area contributed by atoms with Gasteiger partial charge in [-0.2, -0.15) is 0 Å². The summed E-state index contributed by atoms with van der Waals surface area (Å²) in [5.41, 5.74) is 0.505. The van der Waals surface area contributed by atoms with Crippen LogP contribution in [0, 0.1) is 10.1 Å². The van der Waals surface area contributed by atoms with Crippen molar-refractivity contribution >= 4 is 17.5 Å². The molecule has 0 amide bonds. The second kappa shape index (κ2) is 5.74. The van der Waals surface area contributed by atoms with E-state index in [1.54, 1.807) is 12.1 Å². The highest BCUT2D eigenvalue weighted by Gasteiger charge is 2.07. The van der Waals surface area contributed by atoms with E-state index >= 15 is 0 Å². The number of non-ortho nitro benzene ring substituents is 1. The largest absolute Gasteiger partial charge is 0.476 e. The number of nitro benzene ring substituents is 1. The molecule has 8 nitrogen and oxygen atoms in total. The first-order chi connectivity index (χ1) is 9.56. The lowest BCUT2D eigenvalue weighted by atomic mass is 10.2. The Morgan fingerprint density at radius 2 is 2.20 bits per heavy atom. The SMILES string of the molecule is O=C(O)c1cncc(NCc2cccc([N+](=O)[O-])c2)n1. The van der Waals surface area contributed by atoms with Crippen molar-refractivity contribution in [1.29, 1.82) is 0 Å². The number of benzene rings is 1. The smallest absolute Gasteiger partial charge is 0.356 e. The van der Waals surface area contributed by atoms with Crippen LogP contribution in [0.25, 0.3) is 0 Å². The maximum Gasteiger partial charge on any atom is 0.356 e. The Hall–Kier alpha value is -3.03. The van der Waals surface area contributed by atoms with Crippen molar-refractivity contribution in [1.82, 2.24) is 9.97 Å². The molecule has 0 atom stereocenters. The van der Waals surface area contributed by atoms with Gasteiger partial charge in [-0.25, -0.2) is 9.78 Å². The van der Waals surface area contributed by atoms with E-state index in [-0.39, 0.29) is 23.7 Å². The first kappa shape index (κ1) is 13.4. The number of nitrogens with one attached hydrogen (secondary N) is 1. The predicted octanol–water partition coefficient (Wildman–Crippen LogP) is 1.70. The standard InChI is InChI=1S/C12H10N4O4/c17-12(18)10-6-13-7-11(15-10)14-5-8-2-1-3-9(4-8)16(19)20/h1-4,6-7H,5H2,(H,14,15)(H,17,18). The topological polar surface area (TPSA) is 118 Å². The number of rotatable bonds is 5. The summed E-state index contributed by atoms with van der Waals surface area (Å²) in [6.07, 6.45) is 2.52. The van der Waals surface area contributed by atoms with E-state index < -0.39 is 10.9 Å². The molecule has 8 heteroatoms. The number of carboxylic acids is 1. The van der Waals surface area contributed by atoms with Crippen LogP contribution in [0.4, 0.5) is 11.5 Å². The highest BCUT2D eigenvalue weighted by molar-refractivity contribution is 5.85. The minimum atomic E-state index is -1.17. The fraction of sp³-hybridized carbons (Fsp3) is 0.0833. The van der Waals surface area contributed by atoms with Crippen LogP contribution in [0.15, 0.2) is 36.7 Å². The highest BCUT2D eigenvalue weighted by Crippen LogP contribution is 2.14. The summed E-state index contributed by atoms with van der Waals surface area (Å²) in [4.78, 5) is 28.5. The molecule has 0 radical (unpaired) electrons. The number of carboxylic acid groups (broad SMARTS) is 1. The molecule has 0 spiro atoms. The number of aromatic nitrogens is 2. The van der Waals surface area contributed by atoms with Crippen LogP contribution in [0.5, 0.6) is 0 Å². The molecular weight excluding hydrogens is 264 g/mol. The molecule has 0 unspecified atom stereocenters. The second-order valence-corrected chi connectivity index (χ2v) is 3.88. The monoisotopic (exact) mass is 274 g/mol. The summed E-state index contributed by atoms with van der Waals surface area (Å²) in [5, 5.41) is 22.3. The van der Waals surface area contributed by atoms with Gasteiger partial charge in [-0.1, -0.05) is 12.1 Å². The Labute approximate surface area is 113 Å². The van der Waals surface area contributed by atoms with Crippen LogP contribution in [0.2, 0.25) is 0 Å². The van der Waals surface area contributed by atoms with Gasteiger partial charge in [0.1, 0.15) is 5.82 Å². The van der Waals surface area contributed by atoms with E-state index in [9.17, 15) is 14.9 Å². The summed E-state index contributed by atoms with van der Waals surface area (Å²) in [6, 6.07) is 6.12. The number of nitro groups is 1. The molecule has 1 aromatic carbocycles. The number of hydrogen-bond donors (Lipinski definition) is 2. The van der Waals surface area contributed by atoms with Crippen molar-refractivity contribution in [3.63, 3.8) is 0 Å². The van der Waals surface area contributed by atoms with Crippen molar-refractivity contribution in [3.05, 3.63) is 58.0 Å². The lowest BCUT2D eigenvalue weighted by Crippen LogP contribution is -2.07. The normalized spacial score (nSPS) is 10.0. The second-order valence-electron chi connectivity index (χ2n) is 3.88. The Morgan fingerprint density at radius 3 is 2.90 bits per heavy atom. The molecule has 20 heavy (non-hydrogen) atoms. The van der Waals surface area contributed by atoms with E-state index in [0.29, 0.717) is 5.56 Å². The van der Waals surface area contributed by atoms with Gasteiger partial charge in [-0.15, -0.1) is 0 Å². The van der Waals surface area contributed by atoms with Crippen LogP contribution in [0.1, 0.15) is 16.1 Å². The van der Waals surface area contributed by atoms with Gasteiger partial charge in [0.2, 0.25) is 0 Å². The quantitative estimate of drug-likeness (QED) is 0.629. The zero-order valence-electron chi connectivity index (χ0n) is 10.2. The van der Waals surface area contributed by atoms with Crippen LogP contribution < -0.4 is 5.32 Å². The fourth-order valence-electron chi connectivity index (χ4n) is 1.53.